The van der Waals surface area contributed by atoms with Gasteiger partial charge in [-0.1, -0.05) is 36.9 Å². The SMILES string of the molecule is COc1ccc(Cn2c(SCC(=O)N3CCCC(C)C3)nc3ccccc3c2=O)cc1OC. The van der Waals surface area contributed by atoms with E-state index in [1.807, 2.05) is 41.3 Å². The zero-order chi connectivity index (χ0) is 23.4. The average molecular weight is 468 g/mol. The topological polar surface area (TPSA) is 73.7 Å². The number of hydrogen-bond donors (Lipinski definition) is 0. The van der Waals surface area contributed by atoms with Gasteiger partial charge in [-0.2, -0.15) is 0 Å². The highest BCUT2D eigenvalue weighted by molar-refractivity contribution is 7.99. The number of carbonyl (C=O) groups excluding carboxylic acids is 1. The summed E-state index contributed by atoms with van der Waals surface area (Å²) in [5, 5.41) is 1.09. The van der Waals surface area contributed by atoms with Gasteiger partial charge in [-0.25, -0.2) is 4.98 Å². The Labute approximate surface area is 197 Å². The Morgan fingerprint density at radius 1 is 1.15 bits per heavy atom. The molecule has 0 bridgehead atoms. The van der Waals surface area contributed by atoms with Crippen molar-refractivity contribution >= 4 is 28.6 Å². The predicted molar refractivity (Wildman–Crippen MR) is 130 cm³/mol. The van der Waals surface area contributed by atoms with Gasteiger partial charge in [-0.15, -0.1) is 0 Å². The summed E-state index contributed by atoms with van der Waals surface area (Å²) in [5.41, 5.74) is 1.38. The second kappa shape index (κ2) is 10.3. The van der Waals surface area contributed by atoms with E-state index in [2.05, 4.69) is 6.92 Å². The van der Waals surface area contributed by atoms with Crippen molar-refractivity contribution in [3.63, 3.8) is 0 Å². The van der Waals surface area contributed by atoms with Crippen molar-refractivity contribution in [1.29, 1.82) is 0 Å². The van der Waals surface area contributed by atoms with Crippen LogP contribution in [0.2, 0.25) is 0 Å². The Morgan fingerprint density at radius 2 is 1.94 bits per heavy atom. The fourth-order valence-corrected chi connectivity index (χ4v) is 5.09. The van der Waals surface area contributed by atoms with Gasteiger partial charge in [-0.3, -0.25) is 14.2 Å². The Morgan fingerprint density at radius 3 is 2.70 bits per heavy atom. The monoisotopic (exact) mass is 467 g/mol. The average Bonchev–Trinajstić information content (AvgIpc) is 2.84. The van der Waals surface area contributed by atoms with Gasteiger partial charge in [0.1, 0.15) is 0 Å². The second-order valence-corrected chi connectivity index (χ2v) is 9.31. The summed E-state index contributed by atoms with van der Waals surface area (Å²) >= 11 is 1.32. The first kappa shape index (κ1) is 23.2. The van der Waals surface area contributed by atoms with E-state index in [9.17, 15) is 9.59 Å². The molecular formula is C25H29N3O4S. The van der Waals surface area contributed by atoms with E-state index in [1.54, 1.807) is 24.9 Å². The maximum Gasteiger partial charge on any atom is 0.262 e. The number of para-hydroxylation sites is 1. The van der Waals surface area contributed by atoms with Gasteiger partial charge in [0.05, 0.1) is 37.4 Å². The van der Waals surface area contributed by atoms with Crippen LogP contribution in [0.4, 0.5) is 0 Å². The van der Waals surface area contributed by atoms with Gasteiger partial charge in [0.15, 0.2) is 16.7 Å². The van der Waals surface area contributed by atoms with Crippen LogP contribution in [-0.2, 0) is 11.3 Å². The predicted octanol–water partition coefficient (Wildman–Crippen LogP) is 3.81. The Hall–Kier alpha value is -3.00. The smallest absolute Gasteiger partial charge is 0.262 e. The minimum Gasteiger partial charge on any atom is -0.493 e. The highest BCUT2D eigenvalue weighted by atomic mass is 32.2. The molecule has 174 valence electrons. The summed E-state index contributed by atoms with van der Waals surface area (Å²) < 4.78 is 12.4. The standard InChI is InChI=1S/C25H29N3O4S/c1-17-7-6-12-27(14-17)23(29)16-33-25-26-20-9-5-4-8-19(20)24(30)28(25)15-18-10-11-21(31-2)22(13-18)32-3/h4-5,8-11,13,17H,6-7,12,14-16H2,1-3H3. The lowest BCUT2D eigenvalue weighted by Crippen LogP contribution is -2.40. The van der Waals surface area contributed by atoms with Crippen LogP contribution in [0.5, 0.6) is 11.5 Å². The number of likely N-dealkylation sites (tertiary alicyclic amines) is 1. The van der Waals surface area contributed by atoms with Gasteiger partial charge in [-0.05, 0) is 48.6 Å². The number of fused-ring (bicyclic) bond motifs is 1. The van der Waals surface area contributed by atoms with Gasteiger partial charge < -0.3 is 14.4 Å². The van der Waals surface area contributed by atoms with Crippen molar-refractivity contribution in [2.24, 2.45) is 5.92 Å². The largest absolute Gasteiger partial charge is 0.493 e. The fourth-order valence-electron chi connectivity index (χ4n) is 4.19. The normalized spacial score (nSPS) is 16.1. The highest BCUT2D eigenvalue weighted by Crippen LogP contribution is 2.28. The summed E-state index contributed by atoms with van der Waals surface area (Å²) in [6.45, 7) is 4.09. The van der Waals surface area contributed by atoms with Crippen molar-refractivity contribution in [1.82, 2.24) is 14.5 Å². The molecule has 1 amide bonds. The number of carbonyl (C=O) groups is 1. The molecule has 1 aliphatic rings. The maximum atomic E-state index is 13.4. The fraction of sp³-hybridized carbons (Fsp3) is 0.400. The molecule has 3 aromatic rings. The zero-order valence-electron chi connectivity index (χ0n) is 19.2. The molecule has 1 aliphatic heterocycles. The third-order valence-electron chi connectivity index (χ3n) is 5.95. The molecule has 0 N–H and O–H groups in total. The summed E-state index contributed by atoms with van der Waals surface area (Å²) in [6, 6.07) is 12.9. The van der Waals surface area contributed by atoms with E-state index < -0.39 is 0 Å². The number of hydrogen-bond acceptors (Lipinski definition) is 6. The number of rotatable bonds is 7. The molecule has 2 aromatic carbocycles. The molecule has 4 rings (SSSR count). The molecule has 1 atom stereocenters. The van der Waals surface area contributed by atoms with Crippen molar-refractivity contribution in [2.45, 2.75) is 31.5 Å². The second-order valence-electron chi connectivity index (χ2n) is 8.37. The Balaban J connectivity index is 1.65. The van der Waals surface area contributed by atoms with E-state index >= 15 is 0 Å². The third kappa shape index (κ3) is 5.16. The van der Waals surface area contributed by atoms with Crippen molar-refractivity contribution in [2.75, 3.05) is 33.1 Å². The molecule has 1 fully saturated rings. The van der Waals surface area contributed by atoms with E-state index in [0.717, 1.165) is 31.5 Å². The molecule has 1 unspecified atom stereocenters. The number of aromatic nitrogens is 2. The lowest BCUT2D eigenvalue weighted by Gasteiger charge is -2.30. The lowest BCUT2D eigenvalue weighted by atomic mass is 10.0. The summed E-state index contributed by atoms with van der Waals surface area (Å²) in [4.78, 5) is 32.9. The molecular weight excluding hydrogens is 438 g/mol. The molecule has 0 radical (unpaired) electrons. The number of benzene rings is 2. The van der Waals surface area contributed by atoms with Gasteiger partial charge in [0.25, 0.3) is 5.56 Å². The first-order valence-electron chi connectivity index (χ1n) is 11.1. The number of thioether (sulfide) groups is 1. The summed E-state index contributed by atoms with van der Waals surface area (Å²) in [5.74, 6) is 2.09. The van der Waals surface area contributed by atoms with Gasteiger partial charge in [0, 0.05) is 13.1 Å². The quantitative estimate of drug-likeness (QED) is 0.389. The number of methoxy groups -OCH3 is 2. The third-order valence-corrected chi connectivity index (χ3v) is 6.91. The van der Waals surface area contributed by atoms with E-state index in [4.69, 9.17) is 14.5 Å². The van der Waals surface area contributed by atoms with Crippen molar-refractivity contribution in [3.05, 3.63) is 58.4 Å². The highest BCUT2D eigenvalue weighted by Gasteiger charge is 2.22. The molecule has 0 aliphatic carbocycles. The summed E-state index contributed by atoms with van der Waals surface area (Å²) in [6.07, 6.45) is 2.20. The van der Waals surface area contributed by atoms with Gasteiger partial charge in [0.2, 0.25) is 5.91 Å². The first-order chi connectivity index (χ1) is 16.0. The number of amides is 1. The van der Waals surface area contributed by atoms with Crippen molar-refractivity contribution in [3.8, 4) is 11.5 Å². The van der Waals surface area contributed by atoms with Crippen LogP contribution >= 0.6 is 11.8 Å². The number of piperidine rings is 1. The van der Waals surface area contributed by atoms with Crippen molar-refractivity contribution < 1.29 is 14.3 Å². The molecule has 0 saturated carbocycles. The van der Waals surface area contributed by atoms with E-state index in [0.29, 0.717) is 40.0 Å². The van der Waals surface area contributed by atoms with Crippen LogP contribution in [0.25, 0.3) is 10.9 Å². The molecule has 2 heterocycles. The van der Waals surface area contributed by atoms with Gasteiger partial charge >= 0.3 is 0 Å². The van der Waals surface area contributed by atoms with Crippen LogP contribution < -0.4 is 15.0 Å². The van der Waals surface area contributed by atoms with Crippen LogP contribution in [0, 0.1) is 5.92 Å². The number of nitrogens with zero attached hydrogens (tertiary/aromatic N) is 3. The molecule has 7 nitrogen and oxygen atoms in total. The zero-order valence-corrected chi connectivity index (χ0v) is 20.1. The Kier molecular flexibility index (Phi) is 7.23. The van der Waals surface area contributed by atoms with Crippen LogP contribution in [-0.4, -0.2) is 53.4 Å². The maximum absolute atomic E-state index is 13.4. The van der Waals surface area contributed by atoms with Crippen LogP contribution in [0.1, 0.15) is 25.3 Å². The Bertz CT molecular complexity index is 1210. The van der Waals surface area contributed by atoms with E-state index in [1.165, 1.54) is 11.8 Å². The van der Waals surface area contributed by atoms with Crippen LogP contribution in [0.3, 0.4) is 0 Å². The first-order valence-corrected chi connectivity index (χ1v) is 12.1. The van der Waals surface area contributed by atoms with Crippen LogP contribution in [0.15, 0.2) is 52.4 Å². The molecule has 0 spiro atoms. The number of ether oxygens (including phenoxy) is 2. The lowest BCUT2D eigenvalue weighted by molar-refractivity contribution is -0.130. The van der Waals surface area contributed by atoms with E-state index in [-0.39, 0.29) is 17.2 Å². The summed E-state index contributed by atoms with van der Waals surface area (Å²) in [7, 11) is 3.17. The molecule has 1 aromatic heterocycles. The minimum absolute atomic E-state index is 0.0895. The molecule has 1 saturated heterocycles. The molecule has 33 heavy (non-hydrogen) atoms. The molecule has 8 heteroatoms. The minimum atomic E-state index is -0.128.